The van der Waals surface area contributed by atoms with Gasteiger partial charge in [0.15, 0.2) is 0 Å². The van der Waals surface area contributed by atoms with Crippen LogP contribution in [0.25, 0.3) is 0 Å². The van der Waals surface area contributed by atoms with Gasteiger partial charge in [0.05, 0.1) is 6.26 Å². The molecule has 0 aromatic heterocycles. The first-order valence-electron chi connectivity index (χ1n) is 6.54. The summed E-state index contributed by atoms with van der Waals surface area (Å²) in [5.74, 6) is -0.992. The molecule has 0 amide bonds. The molecule has 0 aliphatic heterocycles. The van der Waals surface area contributed by atoms with Gasteiger partial charge in [-0.05, 0) is 6.42 Å². The normalized spacial score (nSPS) is 9.00. The first kappa shape index (κ1) is 19.0. The van der Waals surface area contributed by atoms with Crippen LogP contribution in [-0.2, 0) is 14.3 Å². The van der Waals surface area contributed by atoms with Crippen LogP contribution >= 0.6 is 0 Å². The van der Waals surface area contributed by atoms with Gasteiger partial charge in [-0.1, -0.05) is 52.0 Å². The summed E-state index contributed by atoms with van der Waals surface area (Å²) in [6, 6.07) is 0. The highest BCUT2D eigenvalue weighted by Crippen LogP contribution is 2.07. The number of rotatable bonds is 9. The molecule has 0 saturated heterocycles. The van der Waals surface area contributed by atoms with Crippen LogP contribution in [0.1, 0.15) is 65.2 Å². The molecule has 0 aromatic carbocycles. The van der Waals surface area contributed by atoms with Crippen molar-refractivity contribution in [3.05, 3.63) is 12.8 Å². The number of hydrogen-bond acceptors (Lipinski definition) is 3. The van der Waals surface area contributed by atoms with Crippen molar-refractivity contribution in [2.75, 3.05) is 0 Å². The van der Waals surface area contributed by atoms with Crippen molar-refractivity contribution in [3.8, 4) is 0 Å². The third kappa shape index (κ3) is 24.1. The molecule has 0 fully saturated rings. The quantitative estimate of drug-likeness (QED) is 0.387. The number of unbranched alkanes of at least 4 members (excludes halogenated alkanes) is 6. The average Bonchev–Trinajstić information content (AvgIpc) is 2.28. The Hall–Kier alpha value is -1.32. The molecule has 0 aliphatic rings. The second kappa shape index (κ2) is 15.7. The van der Waals surface area contributed by atoms with Crippen molar-refractivity contribution in [2.45, 2.75) is 65.2 Å². The predicted octanol–water partition coefficient (Wildman–Crippen LogP) is 3.90. The summed E-state index contributed by atoms with van der Waals surface area (Å²) in [4.78, 5) is 19.9. The van der Waals surface area contributed by atoms with E-state index in [0.717, 1.165) is 19.1 Å². The predicted molar refractivity (Wildman–Crippen MR) is 72.2 cm³/mol. The second-order valence-corrected chi connectivity index (χ2v) is 4.04. The molecule has 18 heavy (non-hydrogen) atoms. The zero-order chi connectivity index (χ0) is 14.2. The van der Waals surface area contributed by atoms with Gasteiger partial charge in [0, 0.05) is 13.3 Å². The molecule has 0 bridgehead atoms. The maximum absolute atomic E-state index is 10.1. The minimum absolute atomic E-state index is 0.329. The molecule has 0 unspecified atom stereocenters. The fraction of sp³-hybridized carbons (Fsp3) is 0.714. The Morgan fingerprint density at radius 1 is 1.11 bits per heavy atom. The number of carbonyl (C=O) groups is 2. The fourth-order valence-corrected chi connectivity index (χ4v) is 1.35. The van der Waals surface area contributed by atoms with Gasteiger partial charge < -0.3 is 9.84 Å². The second-order valence-electron chi connectivity index (χ2n) is 4.04. The van der Waals surface area contributed by atoms with Crippen LogP contribution in [0.15, 0.2) is 12.8 Å². The van der Waals surface area contributed by atoms with Crippen LogP contribution in [0.2, 0.25) is 0 Å². The number of carboxylic acids is 1. The van der Waals surface area contributed by atoms with E-state index in [1.54, 1.807) is 0 Å². The van der Waals surface area contributed by atoms with Gasteiger partial charge in [-0.3, -0.25) is 9.59 Å². The number of esters is 1. The SMILES string of the molecule is C=COC(C)=O.CCCCCCCCCC(=O)O. The molecule has 0 spiro atoms. The van der Waals surface area contributed by atoms with E-state index in [1.807, 2.05) is 0 Å². The lowest BCUT2D eigenvalue weighted by atomic mass is 10.1. The first-order chi connectivity index (χ1) is 8.54. The smallest absolute Gasteiger partial charge is 0.307 e. The molecule has 0 saturated carbocycles. The Labute approximate surface area is 110 Å². The number of hydrogen-bond donors (Lipinski definition) is 1. The lowest BCUT2D eigenvalue weighted by Gasteiger charge is -1.98. The van der Waals surface area contributed by atoms with Gasteiger partial charge >= 0.3 is 11.9 Å². The van der Waals surface area contributed by atoms with Crippen LogP contribution in [0.3, 0.4) is 0 Å². The fourth-order valence-electron chi connectivity index (χ4n) is 1.35. The van der Waals surface area contributed by atoms with Crippen molar-refractivity contribution in [1.82, 2.24) is 0 Å². The van der Waals surface area contributed by atoms with Crippen LogP contribution in [-0.4, -0.2) is 17.0 Å². The van der Waals surface area contributed by atoms with Crippen molar-refractivity contribution in [2.24, 2.45) is 0 Å². The van der Waals surface area contributed by atoms with Crippen molar-refractivity contribution >= 4 is 11.9 Å². The molecule has 0 heterocycles. The van der Waals surface area contributed by atoms with Gasteiger partial charge in [0.25, 0.3) is 0 Å². The lowest BCUT2D eigenvalue weighted by Crippen LogP contribution is -1.93. The highest BCUT2D eigenvalue weighted by molar-refractivity contribution is 5.66. The Balaban J connectivity index is 0. The molecule has 0 rings (SSSR count). The number of carboxylic acid groups (broad SMARTS) is 1. The van der Waals surface area contributed by atoms with Crippen LogP contribution in [0.4, 0.5) is 0 Å². The minimum atomic E-state index is -0.663. The maximum Gasteiger partial charge on any atom is 0.307 e. The average molecular weight is 258 g/mol. The van der Waals surface area contributed by atoms with E-state index >= 15 is 0 Å². The molecule has 0 aromatic rings. The molecule has 4 heteroatoms. The summed E-state index contributed by atoms with van der Waals surface area (Å²) in [7, 11) is 0. The summed E-state index contributed by atoms with van der Waals surface area (Å²) in [6.45, 7) is 6.68. The topological polar surface area (TPSA) is 63.6 Å². The number of aliphatic carboxylic acids is 1. The molecular formula is C14H26O4. The number of carbonyl (C=O) groups excluding carboxylic acids is 1. The van der Waals surface area contributed by atoms with Gasteiger partial charge in [-0.2, -0.15) is 0 Å². The van der Waals surface area contributed by atoms with Crippen molar-refractivity contribution < 1.29 is 19.4 Å². The van der Waals surface area contributed by atoms with Crippen LogP contribution in [0.5, 0.6) is 0 Å². The van der Waals surface area contributed by atoms with Gasteiger partial charge in [-0.25, -0.2) is 0 Å². The van der Waals surface area contributed by atoms with Gasteiger partial charge in [-0.15, -0.1) is 0 Å². The van der Waals surface area contributed by atoms with E-state index < -0.39 is 5.97 Å². The molecule has 0 radical (unpaired) electrons. The highest BCUT2D eigenvalue weighted by Gasteiger charge is 1.95. The third-order valence-corrected chi connectivity index (χ3v) is 2.24. The zero-order valence-corrected chi connectivity index (χ0v) is 11.6. The molecule has 0 aliphatic carbocycles. The summed E-state index contributed by atoms with van der Waals surface area (Å²) in [6.07, 6.45) is 9.74. The molecule has 1 N–H and O–H groups in total. The molecule has 4 nitrogen and oxygen atoms in total. The summed E-state index contributed by atoms with van der Waals surface area (Å²) < 4.78 is 4.17. The van der Waals surface area contributed by atoms with Gasteiger partial charge in [0.1, 0.15) is 0 Å². The van der Waals surface area contributed by atoms with Crippen molar-refractivity contribution in [1.29, 1.82) is 0 Å². The Morgan fingerprint density at radius 2 is 1.61 bits per heavy atom. The molecule has 106 valence electrons. The Bertz CT molecular complexity index is 224. The highest BCUT2D eigenvalue weighted by atomic mass is 16.5. The van der Waals surface area contributed by atoms with E-state index in [9.17, 15) is 9.59 Å². The van der Waals surface area contributed by atoms with E-state index in [4.69, 9.17) is 5.11 Å². The summed E-state index contributed by atoms with van der Waals surface area (Å²) >= 11 is 0. The standard InChI is InChI=1S/C10H20O2.C4H6O2/c1-2-3-4-5-6-7-8-9-10(11)12;1-3-6-4(2)5/h2-9H2,1H3,(H,11,12);3H,1H2,2H3. The number of ether oxygens (including phenoxy) is 1. The van der Waals surface area contributed by atoms with E-state index in [1.165, 1.54) is 39.0 Å². The van der Waals surface area contributed by atoms with Gasteiger partial charge in [0.2, 0.25) is 0 Å². The van der Waals surface area contributed by atoms with Crippen LogP contribution < -0.4 is 0 Å². The summed E-state index contributed by atoms with van der Waals surface area (Å²) in [5.41, 5.74) is 0. The minimum Gasteiger partial charge on any atom is -0.481 e. The summed E-state index contributed by atoms with van der Waals surface area (Å²) in [5, 5.41) is 8.35. The monoisotopic (exact) mass is 258 g/mol. The van der Waals surface area contributed by atoms with Crippen molar-refractivity contribution in [3.63, 3.8) is 0 Å². The Kier molecular flexibility index (Phi) is 16.6. The van der Waals surface area contributed by atoms with Crippen LogP contribution in [0, 0.1) is 0 Å². The molecular weight excluding hydrogens is 232 g/mol. The first-order valence-corrected chi connectivity index (χ1v) is 6.54. The maximum atomic E-state index is 10.1. The lowest BCUT2D eigenvalue weighted by molar-refractivity contribution is -0.137. The third-order valence-electron chi connectivity index (χ3n) is 2.24. The van der Waals surface area contributed by atoms with E-state index in [0.29, 0.717) is 6.42 Å². The van der Waals surface area contributed by atoms with E-state index in [2.05, 4.69) is 18.2 Å². The Morgan fingerprint density at radius 3 is 1.94 bits per heavy atom. The zero-order valence-electron chi connectivity index (χ0n) is 11.6. The largest absolute Gasteiger partial charge is 0.481 e. The van der Waals surface area contributed by atoms with E-state index in [-0.39, 0.29) is 5.97 Å². The molecule has 0 atom stereocenters.